The molecule has 0 heterocycles. The van der Waals surface area contributed by atoms with Gasteiger partial charge in [0.25, 0.3) is 5.91 Å². The van der Waals surface area contributed by atoms with Crippen molar-refractivity contribution in [1.29, 1.82) is 0 Å². The minimum Gasteiger partial charge on any atom is -0.376 e. The van der Waals surface area contributed by atoms with Gasteiger partial charge in [-0.2, -0.15) is 0 Å². The zero-order valence-corrected chi connectivity index (χ0v) is 16.8. The lowest BCUT2D eigenvalue weighted by Crippen LogP contribution is -2.47. The maximum absolute atomic E-state index is 12.7. The number of amides is 1. The standard InChI is InChI=1S/C20H34NO2S/c1-8-12-21(13-9-2)16(22)14-24(7)17-15-10-11-20(5,18(17)23-6)19(15,3)4/h8-9,15,17-18H,1-2,10-14H2,3-7H3/q+1/t15-,17-,18-,20+,24?/m1/s1. The van der Waals surface area contributed by atoms with E-state index < -0.39 is 0 Å². The zero-order valence-electron chi connectivity index (χ0n) is 16.0. The average Bonchev–Trinajstić information content (AvgIpc) is 2.85. The fourth-order valence-corrected chi connectivity index (χ4v) is 7.71. The molecule has 0 spiro atoms. The van der Waals surface area contributed by atoms with Crippen LogP contribution in [0, 0.1) is 16.7 Å². The van der Waals surface area contributed by atoms with E-state index in [1.54, 1.807) is 12.2 Å². The van der Waals surface area contributed by atoms with Crippen LogP contribution in [-0.4, -0.2) is 54.4 Å². The molecule has 3 nitrogen and oxygen atoms in total. The van der Waals surface area contributed by atoms with E-state index in [1.807, 2.05) is 12.0 Å². The third-order valence-electron chi connectivity index (χ3n) is 6.82. The minimum atomic E-state index is 0.0100. The molecule has 2 fully saturated rings. The van der Waals surface area contributed by atoms with Crippen molar-refractivity contribution < 1.29 is 9.53 Å². The molecule has 0 aliphatic heterocycles. The quantitative estimate of drug-likeness (QED) is 0.496. The van der Waals surface area contributed by atoms with Crippen molar-refractivity contribution >= 4 is 16.8 Å². The molecule has 2 aliphatic carbocycles. The maximum Gasteiger partial charge on any atom is 0.273 e. The van der Waals surface area contributed by atoms with Gasteiger partial charge in [0.2, 0.25) is 0 Å². The molecule has 2 aliphatic rings. The summed E-state index contributed by atoms with van der Waals surface area (Å²) in [5.41, 5.74) is 0.508. The lowest BCUT2D eigenvalue weighted by atomic mass is 9.70. The molecular formula is C20H34NO2S+. The van der Waals surface area contributed by atoms with Crippen LogP contribution in [0.1, 0.15) is 33.6 Å². The van der Waals surface area contributed by atoms with Crippen molar-refractivity contribution in [3.8, 4) is 0 Å². The Morgan fingerprint density at radius 3 is 2.38 bits per heavy atom. The molecule has 1 unspecified atom stereocenters. The van der Waals surface area contributed by atoms with Gasteiger partial charge in [-0.3, -0.25) is 4.79 Å². The van der Waals surface area contributed by atoms with Crippen molar-refractivity contribution in [2.75, 3.05) is 32.2 Å². The number of ether oxygens (including phenoxy) is 1. The predicted molar refractivity (Wildman–Crippen MR) is 104 cm³/mol. The van der Waals surface area contributed by atoms with Crippen molar-refractivity contribution in [2.24, 2.45) is 16.7 Å². The maximum atomic E-state index is 12.7. The van der Waals surface area contributed by atoms with Gasteiger partial charge < -0.3 is 9.64 Å². The van der Waals surface area contributed by atoms with Crippen molar-refractivity contribution in [3.05, 3.63) is 25.3 Å². The van der Waals surface area contributed by atoms with Crippen LogP contribution in [0.5, 0.6) is 0 Å². The third kappa shape index (κ3) is 2.96. The number of carbonyl (C=O) groups is 1. The molecule has 136 valence electrons. The molecule has 1 amide bonds. The third-order valence-corrected chi connectivity index (χ3v) is 9.03. The highest BCUT2D eigenvalue weighted by Crippen LogP contribution is 2.67. The molecule has 24 heavy (non-hydrogen) atoms. The number of rotatable bonds is 8. The minimum absolute atomic E-state index is 0.0100. The van der Waals surface area contributed by atoms with Gasteiger partial charge in [-0.25, -0.2) is 0 Å². The molecule has 2 rings (SSSR count). The van der Waals surface area contributed by atoms with Gasteiger partial charge in [-0.05, 0) is 29.2 Å². The molecule has 2 saturated carbocycles. The molecule has 0 saturated heterocycles. The van der Waals surface area contributed by atoms with Crippen LogP contribution in [0.2, 0.25) is 0 Å². The van der Waals surface area contributed by atoms with Gasteiger partial charge >= 0.3 is 0 Å². The van der Waals surface area contributed by atoms with E-state index in [0.29, 0.717) is 30.0 Å². The summed E-state index contributed by atoms with van der Waals surface area (Å²) in [6, 6.07) is 0. The topological polar surface area (TPSA) is 29.5 Å². The highest BCUT2D eigenvalue weighted by atomic mass is 32.2. The lowest BCUT2D eigenvalue weighted by molar-refractivity contribution is -0.127. The zero-order chi connectivity index (χ0) is 18.1. The van der Waals surface area contributed by atoms with E-state index >= 15 is 0 Å². The van der Waals surface area contributed by atoms with Crippen LogP contribution < -0.4 is 0 Å². The van der Waals surface area contributed by atoms with Crippen LogP contribution in [0.25, 0.3) is 0 Å². The van der Waals surface area contributed by atoms with E-state index in [4.69, 9.17) is 4.74 Å². The molecule has 0 radical (unpaired) electrons. The van der Waals surface area contributed by atoms with E-state index in [9.17, 15) is 4.79 Å². The molecule has 0 aromatic heterocycles. The van der Waals surface area contributed by atoms with Gasteiger partial charge in [-0.1, -0.05) is 32.9 Å². The Bertz CT molecular complexity index is 494. The lowest BCUT2D eigenvalue weighted by Gasteiger charge is -2.38. The first-order valence-corrected chi connectivity index (χ1v) is 10.7. The fourth-order valence-electron chi connectivity index (χ4n) is 5.08. The van der Waals surface area contributed by atoms with Gasteiger partial charge in [0, 0.05) is 31.5 Å². The summed E-state index contributed by atoms with van der Waals surface area (Å²) < 4.78 is 6.00. The molecule has 0 aromatic rings. The smallest absolute Gasteiger partial charge is 0.273 e. The average molecular weight is 353 g/mol. The summed E-state index contributed by atoms with van der Waals surface area (Å²) in [5, 5.41) is 0.488. The number of hydrogen-bond donors (Lipinski definition) is 0. The Kier molecular flexibility index (Phi) is 5.91. The highest BCUT2D eigenvalue weighted by molar-refractivity contribution is 7.97. The van der Waals surface area contributed by atoms with Crippen LogP contribution in [0.4, 0.5) is 0 Å². The fraction of sp³-hybridized carbons (Fsp3) is 0.750. The summed E-state index contributed by atoms with van der Waals surface area (Å²) in [6.45, 7) is 15.9. The summed E-state index contributed by atoms with van der Waals surface area (Å²) in [5.74, 6) is 1.47. The molecule has 5 atom stereocenters. The van der Waals surface area contributed by atoms with Crippen molar-refractivity contribution in [1.82, 2.24) is 4.90 Å². The first kappa shape index (κ1) is 19.6. The number of methoxy groups -OCH3 is 1. The Hall–Kier alpha value is -0.740. The van der Waals surface area contributed by atoms with Crippen molar-refractivity contribution in [3.63, 3.8) is 0 Å². The van der Waals surface area contributed by atoms with Crippen LogP contribution in [0.3, 0.4) is 0 Å². The second-order valence-electron chi connectivity index (χ2n) is 8.12. The number of carbonyl (C=O) groups excluding carboxylic acids is 1. The first-order chi connectivity index (χ1) is 11.2. The highest BCUT2D eigenvalue weighted by Gasteiger charge is 2.70. The van der Waals surface area contributed by atoms with Crippen molar-refractivity contribution in [2.45, 2.75) is 45.0 Å². The summed E-state index contributed by atoms with van der Waals surface area (Å²) in [7, 11) is 1.86. The molecule has 0 N–H and O–H groups in total. The second kappa shape index (κ2) is 7.25. The normalized spacial score (nSPS) is 34.8. The van der Waals surface area contributed by atoms with Gasteiger partial charge in [-0.15, -0.1) is 13.2 Å². The summed E-state index contributed by atoms with van der Waals surface area (Å²) in [6.07, 6.45) is 8.60. The first-order valence-electron chi connectivity index (χ1n) is 8.88. The second-order valence-corrected chi connectivity index (χ2v) is 10.3. The monoisotopic (exact) mass is 352 g/mol. The van der Waals surface area contributed by atoms with Crippen LogP contribution in [0.15, 0.2) is 25.3 Å². The van der Waals surface area contributed by atoms with E-state index in [-0.39, 0.29) is 33.7 Å². The Labute approximate surface area is 150 Å². The van der Waals surface area contributed by atoms with Crippen LogP contribution >= 0.6 is 0 Å². The SMILES string of the molecule is C=CCN(CC=C)C(=O)C[S+](C)[C@@H]1[C@H]2CC[C@@](C)([C@@H]1OC)C2(C)C. The van der Waals surface area contributed by atoms with Crippen LogP contribution in [-0.2, 0) is 20.4 Å². The van der Waals surface area contributed by atoms with Gasteiger partial charge in [0.1, 0.15) is 11.4 Å². The molecule has 0 aromatic carbocycles. The molecule has 2 bridgehead atoms. The Balaban J connectivity index is 2.14. The van der Waals surface area contributed by atoms with E-state index in [0.717, 1.165) is 0 Å². The summed E-state index contributed by atoms with van der Waals surface area (Å²) in [4.78, 5) is 14.6. The number of nitrogens with zero attached hydrogens (tertiary/aromatic N) is 1. The Morgan fingerprint density at radius 2 is 1.88 bits per heavy atom. The van der Waals surface area contributed by atoms with Gasteiger partial charge in [0.15, 0.2) is 5.75 Å². The Morgan fingerprint density at radius 1 is 1.29 bits per heavy atom. The largest absolute Gasteiger partial charge is 0.376 e. The van der Waals surface area contributed by atoms with Gasteiger partial charge in [0.05, 0.1) is 6.26 Å². The van der Waals surface area contributed by atoms with E-state index in [2.05, 4.69) is 40.2 Å². The number of fused-ring (bicyclic) bond motifs is 2. The van der Waals surface area contributed by atoms with E-state index in [1.165, 1.54) is 12.8 Å². The molecular weight excluding hydrogens is 318 g/mol. The number of hydrogen-bond acceptors (Lipinski definition) is 2. The summed E-state index contributed by atoms with van der Waals surface area (Å²) >= 11 is 0. The molecule has 4 heteroatoms. The predicted octanol–water partition coefficient (Wildman–Crippen LogP) is 3.27.